The van der Waals surface area contributed by atoms with Gasteiger partial charge in [0.05, 0.1) is 11.8 Å². The Hall–Kier alpha value is -2.20. The summed E-state index contributed by atoms with van der Waals surface area (Å²) in [5.41, 5.74) is 6.01. The van der Waals surface area contributed by atoms with Gasteiger partial charge in [-0.05, 0) is 17.8 Å². The van der Waals surface area contributed by atoms with Crippen LogP contribution < -0.4 is 10.7 Å². The molecule has 0 fully saturated rings. The Morgan fingerprint density at radius 3 is 2.21 bits per heavy atom. The first-order valence-electron chi connectivity index (χ1n) is 6.09. The van der Waals surface area contributed by atoms with E-state index in [1.54, 1.807) is 0 Å². The SMILES string of the molecule is S=C1NN=C(c2ccccc2)C(c2ccccc2)N1. The number of thiocarbonyl (C=S) groups is 1. The van der Waals surface area contributed by atoms with Gasteiger partial charge in [0.2, 0.25) is 0 Å². The van der Waals surface area contributed by atoms with Crippen molar-refractivity contribution in [3.8, 4) is 0 Å². The van der Waals surface area contributed by atoms with Gasteiger partial charge in [-0.2, -0.15) is 5.10 Å². The third-order valence-electron chi connectivity index (χ3n) is 3.03. The third-order valence-corrected chi connectivity index (χ3v) is 3.24. The maximum absolute atomic E-state index is 5.16. The van der Waals surface area contributed by atoms with Crippen molar-refractivity contribution < 1.29 is 0 Å². The number of hydrazone groups is 1. The lowest BCUT2D eigenvalue weighted by Gasteiger charge is -2.26. The molecule has 2 N–H and O–H groups in total. The van der Waals surface area contributed by atoms with Crippen LogP contribution >= 0.6 is 12.2 Å². The lowest BCUT2D eigenvalue weighted by Crippen LogP contribution is -2.44. The van der Waals surface area contributed by atoms with Crippen molar-refractivity contribution in [2.24, 2.45) is 5.10 Å². The minimum Gasteiger partial charge on any atom is -0.349 e. The van der Waals surface area contributed by atoms with Crippen molar-refractivity contribution in [2.45, 2.75) is 6.04 Å². The van der Waals surface area contributed by atoms with E-state index >= 15 is 0 Å². The van der Waals surface area contributed by atoms with E-state index in [-0.39, 0.29) is 6.04 Å². The second kappa shape index (κ2) is 5.20. The molecule has 1 aliphatic rings. The van der Waals surface area contributed by atoms with E-state index in [4.69, 9.17) is 12.2 Å². The molecule has 0 spiro atoms. The first-order valence-corrected chi connectivity index (χ1v) is 6.50. The van der Waals surface area contributed by atoms with Crippen LogP contribution in [0, 0.1) is 0 Å². The molecule has 2 aromatic carbocycles. The Kier molecular flexibility index (Phi) is 3.25. The van der Waals surface area contributed by atoms with Gasteiger partial charge in [0.15, 0.2) is 5.11 Å². The smallest absolute Gasteiger partial charge is 0.187 e. The Morgan fingerprint density at radius 1 is 0.895 bits per heavy atom. The molecule has 0 saturated carbocycles. The van der Waals surface area contributed by atoms with Gasteiger partial charge in [0.1, 0.15) is 0 Å². The van der Waals surface area contributed by atoms with Gasteiger partial charge in [-0.25, -0.2) is 0 Å². The van der Waals surface area contributed by atoms with Crippen LogP contribution in [0.15, 0.2) is 65.8 Å². The maximum atomic E-state index is 5.16. The Labute approximate surface area is 117 Å². The summed E-state index contributed by atoms with van der Waals surface area (Å²) in [5.74, 6) is 0. The standard InChI is InChI=1S/C15H13N3S/c19-15-16-13(11-7-3-1-4-8-11)14(17-18-15)12-9-5-2-6-10-12/h1-10,13H,(H2,16,18,19). The van der Waals surface area contributed by atoms with Gasteiger partial charge < -0.3 is 5.32 Å². The van der Waals surface area contributed by atoms with E-state index in [1.165, 1.54) is 0 Å². The summed E-state index contributed by atoms with van der Waals surface area (Å²) < 4.78 is 0. The first kappa shape index (κ1) is 11.9. The molecule has 3 nitrogen and oxygen atoms in total. The van der Waals surface area contributed by atoms with Crippen molar-refractivity contribution in [3.05, 3.63) is 71.8 Å². The zero-order valence-corrected chi connectivity index (χ0v) is 11.0. The summed E-state index contributed by atoms with van der Waals surface area (Å²) in [4.78, 5) is 0. The monoisotopic (exact) mass is 267 g/mol. The summed E-state index contributed by atoms with van der Waals surface area (Å²) in [6, 6.07) is 20.3. The first-order chi connectivity index (χ1) is 9.34. The Balaban J connectivity index is 2.03. The van der Waals surface area contributed by atoms with Gasteiger partial charge in [-0.15, -0.1) is 0 Å². The van der Waals surface area contributed by atoms with E-state index in [0.717, 1.165) is 16.8 Å². The molecular weight excluding hydrogens is 254 g/mol. The predicted octanol–water partition coefficient (Wildman–Crippen LogP) is 2.61. The van der Waals surface area contributed by atoms with E-state index in [0.29, 0.717) is 5.11 Å². The van der Waals surface area contributed by atoms with Crippen LogP contribution in [0.3, 0.4) is 0 Å². The molecule has 1 aliphatic heterocycles. The van der Waals surface area contributed by atoms with Gasteiger partial charge in [-0.3, -0.25) is 5.43 Å². The van der Waals surface area contributed by atoms with Gasteiger partial charge in [-0.1, -0.05) is 60.7 Å². The van der Waals surface area contributed by atoms with E-state index in [2.05, 4.69) is 28.0 Å². The van der Waals surface area contributed by atoms with Crippen LogP contribution in [-0.2, 0) is 0 Å². The van der Waals surface area contributed by atoms with Crippen LogP contribution in [0.4, 0.5) is 0 Å². The molecule has 4 heteroatoms. The predicted molar refractivity (Wildman–Crippen MR) is 81.0 cm³/mol. The normalized spacial score (nSPS) is 18.2. The van der Waals surface area contributed by atoms with E-state index in [9.17, 15) is 0 Å². The summed E-state index contributed by atoms with van der Waals surface area (Å²) >= 11 is 5.16. The minimum atomic E-state index is -0.0163. The maximum Gasteiger partial charge on any atom is 0.187 e. The van der Waals surface area contributed by atoms with Crippen LogP contribution in [0.5, 0.6) is 0 Å². The van der Waals surface area contributed by atoms with Gasteiger partial charge in [0, 0.05) is 5.56 Å². The molecule has 94 valence electrons. The molecule has 1 atom stereocenters. The van der Waals surface area contributed by atoms with Crippen molar-refractivity contribution in [3.63, 3.8) is 0 Å². The molecule has 2 aromatic rings. The molecule has 19 heavy (non-hydrogen) atoms. The second-order valence-electron chi connectivity index (χ2n) is 4.29. The molecule has 3 rings (SSSR count). The molecule has 1 unspecified atom stereocenters. The third kappa shape index (κ3) is 2.48. The minimum absolute atomic E-state index is 0.0163. The van der Waals surface area contributed by atoms with Crippen LogP contribution in [0.1, 0.15) is 17.2 Å². The fourth-order valence-corrected chi connectivity index (χ4v) is 2.30. The fraction of sp³-hybridized carbons (Fsp3) is 0.0667. The second-order valence-corrected chi connectivity index (χ2v) is 4.70. The summed E-state index contributed by atoms with van der Waals surface area (Å²) in [6.45, 7) is 0. The summed E-state index contributed by atoms with van der Waals surface area (Å²) in [5, 5.41) is 8.22. The topological polar surface area (TPSA) is 36.4 Å². The number of nitrogens with zero attached hydrogens (tertiary/aromatic N) is 1. The molecule has 0 amide bonds. The summed E-state index contributed by atoms with van der Waals surface area (Å²) in [7, 11) is 0. The highest BCUT2D eigenvalue weighted by Gasteiger charge is 2.24. The number of rotatable bonds is 2. The highest BCUT2D eigenvalue weighted by atomic mass is 32.1. The average Bonchev–Trinajstić information content (AvgIpc) is 2.49. The average molecular weight is 267 g/mol. The van der Waals surface area contributed by atoms with Crippen molar-refractivity contribution >= 4 is 23.0 Å². The quantitative estimate of drug-likeness (QED) is 0.821. The molecule has 0 aliphatic carbocycles. The Bertz CT molecular complexity index is 608. The van der Waals surface area contributed by atoms with Crippen LogP contribution in [0.25, 0.3) is 0 Å². The van der Waals surface area contributed by atoms with Gasteiger partial charge in [0.25, 0.3) is 0 Å². The fourth-order valence-electron chi connectivity index (χ4n) is 2.13. The molecule has 0 radical (unpaired) electrons. The molecule has 0 bridgehead atoms. The zero-order valence-electron chi connectivity index (χ0n) is 10.2. The number of nitrogens with one attached hydrogen (secondary N) is 2. The molecule has 0 aromatic heterocycles. The van der Waals surface area contributed by atoms with E-state index in [1.807, 2.05) is 48.5 Å². The van der Waals surface area contributed by atoms with E-state index < -0.39 is 0 Å². The van der Waals surface area contributed by atoms with Crippen LogP contribution in [-0.4, -0.2) is 10.8 Å². The molecule has 0 saturated heterocycles. The number of hydrogen-bond donors (Lipinski definition) is 2. The van der Waals surface area contributed by atoms with Gasteiger partial charge >= 0.3 is 0 Å². The summed E-state index contributed by atoms with van der Waals surface area (Å²) in [6.07, 6.45) is 0. The highest BCUT2D eigenvalue weighted by Crippen LogP contribution is 2.20. The van der Waals surface area contributed by atoms with Crippen molar-refractivity contribution in [1.29, 1.82) is 0 Å². The highest BCUT2D eigenvalue weighted by molar-refractivity contribution is 7.80. The molecule has 1 heterocycles. The molecular formula is C15H13N3S. The van der Waals surface area contributed by atoms with Crippen molar-refractivity contribution in [1.82, 2.24) is 10.7 Å². The largest absolute Gasteiger partial charge is 0.349 e. The number of benzene rings is 2. The lowest BCUT2D eigenvalue weighted by atomic mass is 9.96. The number of hydrogen-bond acceptors (Lipinski definition) is 2. The Morgan fingerprint density at radius 2 is 1.53 bits per heavy atom. The van der Waals surface area contributed by atoms with Crippen molar-refractivity contribution in [2.75, 3.05) is 0 Å². The zero-order chi connectivity index (χ0) is 13.1. The lowest BCUT2D eigenvalue weighted by molar-refractivity contribution is 0.760. The van der Waals surface area contributed by atoms with Crippen LogP contribution in [0.2, 0.25) is 0 Å².